The minimum Gasteiger partial charge on any atom is -0.452 e. The largest absolute Gasteiger partial charge is 0.452 e. The third-order valence-electron chi connectivity index (χ3n) is 8.68. The van der Waals surface area contributed by atoms with Gasteiger partial charge in [-0.05, 0) is 52.0 Å². The van der Waals surface area contributed by atoms with Gasteiger partial charge in [0.15, 0.2) is 12.2 Å². The van der Waals surface area contributed by atoms with E-state index in [1.54, 1.807) is 25.3 Å². The van der Waals surface area contributed by atoms with E-state index in [0.29, 0.717) is 23.5 Å². The van der Waals surface area contributed by atoms with Crippen LogP contribution in [0.2, 0.25) is 0 Å². The van der Waals surface area contributed by atoms with Gasteiger partial charge in [0.25, 0.3) is 0 Å². The van der Waals surface area contributed by atoms with E-state index in [9.17, 15) is 19.8 Å². The monoisotopic (exact) mass is 724 g/mol. The zero-order valence-electron chi connectivity index (χ0n) is 32.3. The lowest BCUT2D eigenvalue weighted by Gasteiger charge is -2.26. The highest BCUT2D eigenvalue weighted by atomic mass is 32.1. The molecule has 1 aliphatic heterocycles. The van der Waals surface area contributed by atoms with Crippen LogP contribution in [0.25, 0.3) is 0 Å². The van der Waals surface area contributed by atoms with Gasteiger partial charge in [-0.15, -0.1) is 11.3 Å². The lowest BCUT2D eigenvalue weighted by molar-refractivity contribution is -0.145. The Morgan fingerprint density at radius 1 is 1.04 bits per heavy atom. The van der Waals surface area contributed by atoms with Crippen LogP contribution in [-0.2, 0) is 19.0 Å². The highest BCUT2D eigenvalue weighted by molar-refractivity contribution is 7.09. The van der Waals surface area contributed by atoms with E-state index in [1.807, 2.05) is 104 Å². The summed E-state index contributed by atoms with van der Waals surface area (Å²) in [7, 11) is 3.14. The fourth-order valence-electron chi connectivity index (χ4n) is 5.82. The van der Waals surface area contributed by atoms with Gasteiger partial charge in [-0.2, -0.15) is 0 Å². The highest BCUT2D eigenvalue weighted by Crippen LogP contribution is 2.34. The Morgan fingerprint density at radius 2 is 1.75 bits per heavy atom. The average Bonchev–Trinajstić information content (AvgIpc) is 3.55. The van der Waals surface area contributed by atoms with Crippen LogP contribution in [0.15, 0.2) is 88.4 Å². The van der Waals surface area contributed by atoms with Crippen LogP contribution in [0, 0.1) is 23.7 Å². The fourth-order valence-corrected chi connectivity index (χ4v) is 6.70. The number of carbonyl (C=O) groups is 2. The maximum Gasteiger partial charge on any atom is 0.407 e. The lowest BCUT2D eigenvalue weighted by atomic mass is 9.91. The number of alkyl carbamates (subject to hydrolysis) is 1. The van der Waals surface area contributed by atoms with Crippen LogP contribution >= 0.6 is 11.3 Å². The summed E-state index contributed by atoms with van der Waals surface area (Å²) in [6.07, 6.45) is 15.9. The number of methoxy groups -OCH3 is 1. The zero-order chi connectivity index (χ0) is 38.2. The first-order valence-corrected chi connectivity index (χ1v) is 18.6. The molecule has 2 rings (SSSR count). The Labute approximate surface area is 309 Å². The van der Waals surface area contributed by atoms with Crippen molar-refractivity contribution in [3.63, 3.8) is 0 Å². The fraction of sp³-hybridized carbons (Fsp3) is 0.537. The van der Waals surface area contributed by atoms with E-state index in [-0.39, 0.29) is 29.8 Å². The van der Waals surface area contributed by atoms with Gasteiger partial charge in [0.2, 0.25) is 0 Å². The number of amides is 1. The number of nitrogens with one attached hydrogen (secondary N) is 1. The topological polar surface area (TPSA) is 127 Å². The number of allylic oxidation sites excluding steroid dienone is 8. The number of cyclic esters (lactones) is 1. The number of aliphatic hydroxyl groups is 2. The number of carbonyl (C=O) groups excluding carboxylic acids is 2. The second-order valence-corrected chi connectivity index (χ2v) is 14.9. The van der Waals surface area contributed by atoms with Crippen molar-refractivity contribution in [3.8, 4) is 0 Å². The van der Waals surface area contributed by atoms with Crippen LogP contribution in [0.1, 0.15) is 98.1 Å². The van der Waals surface area contributed by atoms with Crippen molar-refractivity contribution < 1.29 is 34.0 Å². The van der Waals surface area contributed by atoms with Gasteiger partial charge in [0.05, 0.1) is 24.0 Å². The number of ether oxygens (including phenoxy) is 3. The third kappa shape index (κ3) is 14.9. The van der Waals surface area contributed by atoms with Gasteiger partial charge in [-0.1, -0.05) is 106 Å². The molecule has 51 heavy (non-hydrogen) atoms. The molecule has 2 heterocycles. The molecule has 0 aliphatic carbocycles. The summed E-state index contributed by atoms with van der Waals surface area (Å²) in [5.41, 5.74) is 4.37. The molecule has 0 radical (unpaired) electrons. The van der Waals surface area contributed by atoms with E-state index in [2.05, 4.69) is 5.32 Å². The molecule has 0 aromatic carbocycles. The van der Waals surface area contributed by atoms with Gasteiger partial charge in [0.1, 0.15) is 5.01 Å². The number of aliphatic hydroxyl groups excluding tert-OH is 2. The number of hydrogen-bond donors (Lipinski definition) is 3. The van der Waals surface area contributed by atoms with Crippen molar-refractivity contribution in [3.05, 3.63) is 99.1 Å². The molecule has 10 heteroatoms. The smallest absolute Gasteiger partial charge is 0.407 e. The van der Waals surface area contributed by atoms with Gasteiger partial charge in [-0.25, -0.2) is 14.6 Å². The van der Waals surface area contributed by atoms with E-state index in [4.69, 9.17) is 19.2 Å². The number of thiazole rings is 1. The highest BCUT2D eigenvalue weighted by Gasteiger charge is 2.28. The summed E-state index contributed by atoms with van der Waals surface area (Å²) >= 11 is 1.36. The van der Waals surface area contributed by atoms with Gasteiger partial charge in [-0.3, -0.25) is 0 Å². The van der Waals surface area contributed by atoms with Crippen molar-refractivity contribution >= 4 is 23.4 Å². The first kappa shape index (κ1) is 43.6. The molecule has 1 aliphatic rings. The first-order valence-electron chi connectivity index (χ1n) is 17.7. The zero-order valence-corrected chi connectivity index (χ0v) is 33.1. The van der Waals surface area contributed by atoms with E-state index in [0.717, 1.165) is 22.3 Å². The SMILES string of the molecule is CNC(=O)O[C@@H](CC(C)C)c1nc([C@H]2OC(=O)C=CCC(C)=C[C@@H](O)[C@@H](C)C=C(C)C=C(C)C=C[C@@H](O)[C@H](C)[C@H](OC)C(C)=CC=C[C@@H]2C)cs1. The van der Waals surface area contributed by atoms with Crippen LogP contribution in [-0.4, -0.2) is 59.7 Å². The van der Waals surface area contributed by atoms with Crippen molar-refractivity contribution in [2.45, 2.75) is 106 Å². The van der Waals surface area contributed by atoms with Gasteiger partial charge >= 0.3 is 12.1 Å². The van der Waals surface area contributed by atoms with Crippen LogP contribution in [0.3, 0.4) is 0 Å². The number of rotatable bonds is 6. The number of nitrogens with zero attached hydrogens (tertiary/aromatic N) is 1. The molecule has 0 saturated heterocycles. The first-order chi connectivity index (χ1) is 24.1. The van der Waals surface area contributed by atoms with E-state index in [1.165, 1.54) is 24.5 Å². The normalized spacial score (nSPS) is 27.0. The Hall–Kier alpha value is -3.57. The molecule has 9 nitrogen and oxygen atoms in total. The molecule has 0 spiro atoms. The Kier molecular flexibility index (Phi) is 18.6. The minimum absolute atomic E-state index is 0.143. The molecular weight excluding hydrogens is 665 g/mol. The molecule has 1 aromatic rings. The molecule has 1 amide bonds. The van der Waals surface area contributed by atoms with Crippen molar-refractivity contribution in [1.82, 2.24) is 10.3 Å². The molecule has 3 N–H and O–H groups in total. The van der Waals surface area contributed by atoms with Gasteiger partial charge < -0.3 is 29.7 Å². The molecule has 0 unspecified atom stereocenters. The summed E-state index contributed by atoms with van der Waals surface area (Å²) in [6, 6.07) is 0. The Morgan fingerprint density at radius 3 is 2.39 bits per heavy atom. The minimum atomic E-state index is -0.754. The van der Waals surface area contributed by atoms with Crippen LogP contribution in [0.5, 0.6) is 0 Å². The molecule has 0 fully saturated rings. The predicted molar refractivity (Wildman–Crippen MR) is 206 cm³/mol. The molecule has 1 aromatic heterocycles. The number of esters is 1. The lowest BCUT2D eigenvalue weighted by Crippen LogP contribution is -2.30. The molecule has 8 atom stereocenters. The standard InChI is InChI=1S/C41H60N2O7S/c1-25(2)20-36(49-41(47)42-10)40-43-33(24-51-40)39-30(7)16-13-15-29(6)38(48-11)32(9)34(44)19-18-27(4)21-28(5)22-31(8)35(45)23-26(3)14-12-17-37(46)50-39/h12-13,15-19,21-25,30-32,34-36,38-39,44-45H,14,20H2,1-11H3,(H,42,47)/t30-,31-,32-,34+,35+,36-,38+,39-/m0/s1. The second kappa shape index (κ2) is 21.7. The molecule has 0 saturated carbocycles. The number of aromatic nitrogens is 1. The van der Waals surface area contributed by atoms with Crippen LogP contribution in [0.4, 0.5) is 4.79 Å². The van der Waals surface area contributed by atoms with Crippen molar-refractivity contribution in [2.75, 3.05) is 14.2 Å². The molecular formula is C41H60N2O7S. The van der Waals surface area contributed by atoms with E-state index >= 15 is 0 Å². The predicted octanol–water partition coefficient (Wildman–Crippen LogP) is 8.67. The summed E-state index contributed by atoms with van der Waals surface area (Å²) in [6.45, 7) is 17.8. The maximum atomic E-state index is 13.2. The van der Waals surface area contributed by atoms with E-state index < -0.39 is 36.5 Å². The maximum absolute atomic E-state index is 13.2. The summed E-state index contributed by atoms with van der Waals surface area (Å²) in [5.74, 6) is -0.937. The van der Waals surface area contributed by atoms with Crippen molar-refractivity contribution in [1.29, 1.82) is 0 Å². The summed E-state index contributed by atoms with van der Waals surface area (Å²) < 4.78 is 17.5. The second-order valence-electron chi connectivity index (χ2n) is 14.0. The van der Waals surface area contributed by atoms with Gasteiger partial charge in [0, 0.05) is 43.4 Å². The third-order valence-corrected chi connectivity index (χ3v) is 9.64. The average molecular weight is 725 g/mol. The summed E-state index contributed by atoms with van der Waals surface area (Å²) in [5, 5.41) is 26.9. The quantitative estimate of drug-likeness (QED) is 0.197. The summed E-state index contributed by atoms with van der Waals surface area (Å²) in [4.78, 5) is 30.2. The van der Waals surface area contributed by atoms with Crippen LogP contribution < -0.4 is 5.32 Å². The number of hydrogen-bond acceptors (Lipinski definition) is 9. The molecule has 0 bridgehead atoms. The van der Waals surface area contributed by atoms with Crippen molar-refractivity contribution in [2.24, 2.45) is 23.7 Å². The Balaban J connectivity index is 2.55. The Bertz CT molecular complexity index is 1500. The molecule has 282 valence electrons.